The molecule has 0 N–H and O–H groups in total. The number of benzene rings is 2. The van der Waals surface area contributed by atoms with Gasteiger partial charge in [0.15, 0.2) is 0 Å². The van der Waals surface area contributed by atoms with Gasteiger partial charge in [-0.2, -0.15) is 0 Å². The average Bonchev–Trinajstić information content (AvgIpc) is 2.48. The molecule has 0 unspecified atom stereocenters. The summed E-state index contributed by atoms with van der Waals surface area (Å²) in [5.74, 6) is 0. The van der Waals surface area contributed by atoms with Gasteiger partial charge in [-0.1, -0.05) is 86.0 Å². The van der Waals surface area contributed by atoms with Crippen molar-refractivity contribution in [2.24, 2.45) is 0 Å². The maximum Gasteiger partial charge on any atom is 0.119 e. The first-order valence-electron chi connectivity index (χ1n) is 7.77. The Labute approximate surface area is 136 Å². The highest BCUT2D eigenvalue weighted by molar-refractivity contribution is 7.76. The van der Waals surface area contributed by atoms with Gasteiger partial charge in [0.25, 0.3) is 0 Å². The Morgan fingerprint density at radius 1 is 0.909 bits per heavy atom. The van der Waals surface area contributed by atoms with E-state index in [9.17, 15) is 0 Å². The van der Waals surface area contributed by atoms with Gasteiger partial charge >= 0.3 is 0 Å². The normalized spacial score (nSPS) is 12.5. The van der Waals surface area contributed by atoms with E-state index in [1.807, 2.05) is 0 Å². The molecule has 2 rings (SSSR count). The summed E-state index contributed by atoms with van der Waals surface area (Å²) >= 11 is 0. The molecule has 0 amide bonds. The number of rotatable bonds is 6. The summed E-state index contributed by atoms with van der Waals surface area (Å²) in [6.45, 7) is 9.86. The summed E-state index contributed by atoms with van der Waals surface area (Å²) in [4.78, 5) is 0. The fraction of sp³-hybridized carbons (Fsp3) is 0.263. The zero-order chi connectivity index (χ0) is 16.0. The number of hydrogen-bond donors (Lipinski definition) is 0. The van der Waals surface area contributed by atoms with Crippen LogP contribution >= 0.6 is 7.92 Å². The van der Waals surface area contributed by atoms with E-state index >= 15 is 0 Å². The smallest absolute Gasteiger partial charge is 0.119 e. The molecule has 2 aromatic rings. The summed E-state index contributed by atoms with van der Waals surface area (Å²) in [7, 11) is -1.97. The van der Waals surface area contributed by atoms with Gasteiger partial charge in [0.2, 0.25) is 0 Å². The summed E-state index contributed by atoms with van der Waals surface area (Å²) < 4.78 is 6.11. The minimum atomic E-state index is -1.36. The van der Waals surface area contributed by atoms with Crippen molar-refractivity contribution < 1.29 is 4.74 Å². The second-order valence-corrected chi connectivity index (χ2v) is 13.5. The van der Waals surface area contributed by atoms with Crippen LogP contribution in [0.25, 0.3) is 0 Å². The highest BCUT2D eigenvalue weighted by Crippen LogP contribution is 2.44. The Balaban J connectivity index is 2.54. The standard InChI is InChI=1S/C19H25OPSi/c1-5-20-19(16-22(2,3)4)21(17-12-8-6-9-13-17)18-14-10-7-11-15-18/h6-16H,5H2,1-4H3/b19-16+. The molecule has 0 aromatic heterocycles. The zero-order valence-corrected chi connectivity index (χ0v) is 15.8. The Hall–Kier alpha value is -1.37. The van der Waals surface area contributed by atoms with Crippen molar-refractivity contribution in [1.82, 2.24) is 0 Å². The quantitative estimate of drug-likeness (QED) is 0.417. The second-order valence-electron chi connectivity index (χ2n) is 6.29. The van der Waals surface area contributed by atoms with Crippen LogP contribution in [0.3, 0.4) is 0 Å². The SMILES string of the molecule is CCO/C(=C\[Si](C)(C)C)P(c1ccccc1)c1ccccc1. The predicted octanol–water partition coefficient (Wildman–Crippen LogP) is 4.87. The van der Waals surface area contributed by atoms with Gasteiger partial charge < -0.3 is 4.74 Å². The van der Waals surface area contributed by atoms with Crippen LogP contribution in [0, 0.1) is 0 Å². The molecule has 0 fully saturated rings. The fourth-order valence-corrected chi connectivity index (χ4v) is 6.76. The van der Waals surface area contributed by atoms with Crippen LogP contribution in [0.2, 0.25) is 19.6 Å². The average molecular weight is 328 g/mol. The maximum absolute atomic E-state index is 6.11. The minimum Gasteiger partial charge on any atom is -0.494 e. The molecular formula is C19H25OPSi. The summed E-state index contributed by atoms with van der Waals surface area (Å²) in [6.07, 6.45) is 0. The molecule has 0 spiro atoms. The van der Waals surface area contributed by atoms with E-state index in [1.165, 1.54) is 10.6 Å². The van der Waals surface area contributed by atoms with Crippen molar-refractivity contribution in [1.29, 1.82) is 0 Å². The van der Waals surface area contributed by atoms with Crippen molar-refractivity contribution in [2.75, 3.05) is 6.61 Å². The highest BCUT2D eigenvalue weighted by Gasteiger charge is 2.23. The van der Waals surface area contributed by atoms with E-state index in [0.717, 1.165) is 12.1 Å². The monoisotopic (exact) mass is 328 g/mol. The molecule has 0 heterocycles. The van der Waals surface area contributed by atoms with Crippen molar-refractivity contribution >= 4 is 26.6 Å². The summed E-state index contributed by atoms with van der Waals surface area (Å²) in [5.41, 5.74) is 3.58. The third-order valence-electron chi connectivity index (χ3n) is 3.10. The molecule has 0 atom stereocenters. The van der Waals surface area contributed by atoms with Gasteiger partial charge in [-0.3, -0.25) is 0 Å². The highest BCUT2D eigenvalue weighted by atomic mass is 31.1. The van der Waals surface area contributed by atoms with Crippen LogP contribution in [0.4, 0.5) is 0 Å². The maximum atomic E-state index is 6.11. The third-order valence-corrected chi connectivity index (χ3v) is 6.80. The number of ether oxygens (including phenoxy) is 1. The molecule has 0 saturated heterocycles. The zero-order valence-electron chi connectivity index (χ0n) is 13.9. The van der Waals surface area contributed by atoms with Crippen molar-refractivity contribution in [3.8, 4) is 0 Å². The molecular weight excluding hydrogens is 303 g/mol. The predicted molar refractivity (Wildman–Crippen MR) is 102 cm³/mol. The van der Waals surface area contributed by atoms with E-state index in [4.69, 9.17) is 4.74 Å². The van der Waals surface area contributed by atoms with Gasteiger partial charge in [0.05, 0.1) is 14.7 Å². The lowest BCUT2D eigenvalue weighted by Crippen LogP contribution is -2.21. The topological polar surface area (TPSA) is 9.23 Å². The van der Waals surface area contributed by atoms with E-state index < -0.39 is 16.0 Å². The first-order chi connectivity index (χ1) is 10.5. The van der Waals surface area contributed by atoms with Crippen molar-refractivity contribution in [3.05, 3.63) is 71.9 Å². The molecule has 0 bridgehead atoms. The Morgan fingerprint density at radius 2 is 1.36 bits per heavy atom. The fourth-order valence-electron chi connectivity index (χ4n) is 2.25. The first kappa shape index (κ1) is 17.0. The van der Waals surface area contributed by atoms with E-state index in [0.29, 0.717) is 0 Å². The van der Waals surface area contributed by atoms with Gasteiger partial charge in [-0.25, -0.2) is 0 Å². The molecule has 22 heavy (non-hydrogen) atoms. The molecule has 0 aliphatic carbocycles. The van der Waals surface area contributed by atoms with Crippen LogP contribution in [-0.4, -0.2) is 14.7 Å². The van der Waals surface area contributed by atoms with Crippen LogP contribution in [-0.2, 0) is 4.74 Å². The minimum absolute atomic E-state index is 0.611. The number of hydrogen-bond acceptors (Lipinski definition) is 1. The van der Waals surface area contributed by atoms with Crippen LogP contribution in [0.15, 0.2) is 71.9 Å². The summed E-state index contributed by atoms with van der Waals surface area (Å²) in [6, 6.07) is 21.5. The lowest BCUT2D eigenvalue weighted by molar-refractivity contribution is 0.257. The lowest BCUT2D eigenvalue weighted by Gasteiger charge is -2.24. The van der Waals surface area contributed by atoms with E-state index in [2.05, 4.69) is 92.9 Å². The molecule has 3 heteroatoms. The van der Waals surface area contributed by atoms with Gasteiger partial charge in [0.1, 0.15) is 5.50 Å². The molecule has 2 aromatic carbocycles. The molecule has 116 valence electrons. The molecule has 0 radical (unpaired) electrons. The molecule has 0 saturated carbocycles. The molecule has 1 nitrogen and oxygen atoms in total. The largest absolute Gasteiger partial charge is 0.494 e. The van der Waals surface area contributed by atoms with Crippen molar-refractivity contribution in [2.45, 2.75) is 26.6 Å². The Morgan fingerprint density at radius 3 is 1.73 bits per heavy atom. The lowest BCUT2D eigenvalue weighted by atomic mass is 10.4. The molecule has 0 aliphatic rings. The first-order valence-corrected chi connectivity index (χ1v) is 12.7. The van der Waals surface area contributed by atoms with Crippen LogP contribution < -0.4 is 10.6 Å². The van der Waals surface area contributed by atoms with Crippen LogP contribution in [0.1, 0.15) is 6.92 Å². The van der Waals surface area contributed by atoms with Crippen molar-refractivity contribution in [3.63, 3.8) is 0 Å². The Kier molecular flexibility index (Phi) is 5.99. The van der Waals surface area contributed by atoms with E-state index in [1.54, 1.807) is 0 Å². The van der Waals surface area contributed by atoms with E-state index in [-0.39, 0.29) is 0 Å². The van der Waals surface area contributed by atoms with Crippen LogP contribution in [0.5, 0.6) is 0 Å². The third kappa shape index (κ3) is 4.83. The van der Waals surface area contributed by atoms with Gasteiger partial charge in [-0.15, -0.1) is 0 Å². The van der Waals surface area contributed by atoms with Gasteiger partial charge in [-0.05, 0) is 17.5 Å². The summed E-state index contributed by atoms with van der Waals surface area (Å²) in [5, 5.41) is 2.70. The Bertz CT molecular complexity index is 563. The molecule has 0 aliphatic heterocycles. The second kappa shape index (κ2) is 7.76. The van der Waals surface area contributed by atoms with Gasteiger partial charge in [0, 0.05) is 7.92 Å².